The Morgan fingerprint density at radius 3 is 1.95 bits per heavy atom. The number of aromatic amines is 1. The lowest BCUT2D eigenvalue weighted by Crippen LogP contribution is -2.45. The van der Waals surface area contributed by atoms with Crippen molar-refractivity contribution >= 4 is 11.7 Å². The van der Waals surface area contributed by atoms with Crippen molar-refractivity contribution in [3.8, 4) is 0 Å². The highest BCUT2D eigenvalue weighted by atomic mass is 19.4. The summed E-state index contributed by atoms with van der Waals surface area (Å²) >= 11 is 0. The zero-order valence-electron chi connectivity index (χ0n) is 9.70. The molecular formula is C9H9F6N3O. The Morgan fingerprint density at radius 1 is 1.16 bits per heavy atom. The van der Waals surface area contributed by atoms with Crippen LogP contribution in [0.15, 0.2) is 0 Å². The van der Waals surface area contributed by atoms with Gasteiger partial charge in [0, 0.05) is 11.3 Å². The highest BCUT2D eigenvalue weighted by Gasteiger charge is 2.61. The van der Waals surface area contributed by atoms with Gasteiger partial charge in [0.25, 0.3) is 0 Å². The number of aryl methyl sites for hydroxylation is 1. The molecule has 0 unspecified atom stereocenters. The number of amides is 1. The fourth-order valence-electron chi connectivity index (χ4n) is 1.28. The summed E-state index contributed by atoms with van der Waals surface area (Å²) in [6.45, 7) is 2.90. The number of hydrogen-bond donors (Lipinski definition) is 2. The predicted octanol–water partition coefficient (Wildman–Crippen LogP) is 2.71. The smallest absolute Gasteiger partial charge is 0.308 e. The normalized spacial score (nSPS) is 12.9. The van der Waals surface area contributed by atoms with Crippen LogP contribution in [0.2, 0.25) is 0 Å². The maximum absolute atomic E-state index is 12.3. The van der Waals surface area contributed by atoms with Gasteiger partial charge in [0.1, 0.15) is 0 Å². The molecule has 0 aliphatic rings. The SMILES string of the molecule is Cc1[nH]nc(NC(=O)C(C(F)(F)F)C(F)(F)F)c1C. The van der Waals surface area contributed by atoms with Crippen molar-refractivity contribution in [3.63, 3.8) is 0 Å². The molecule has 0 aliphatic heterocycles. The Labute approximate surface area is 103 Å². The van der Waals surface area contributed by atoms with Crippen molar-refractivity contribution in [1.29, 1.82) is 0 Å². The molecule has 4 nitrogen and oxygen atoms in total. The number of carbonyl (C=O) groups is 1. The number of nitrogens with zero attached hydrogens (tertiary/aromatic N) is 1. The number of halogens is 6. The highest BCUT2D eigenvalue weighted by Crippen LogP contribution is 2.39. The largest absolute Gasteiger partial charge is 0.409 e. The van der Waals surface area contributed by atoms with Crippen molar-refractivity contribution in [1.82, 2.24) is 10.2 Å². The number of aromatic nitrogens is 2. The van der Waals surface area contributed by atoms with Gasteiger partial charge >= 0.3 is 12.4 Å². The first kappa shape index (κ1) is 15.3. The molecule has 0 radical (unpaired) electrons. The Morgan fingerprint density at radius 2 is 1.63 bits per heavy atom. The van der Waals surface area contributed by atoms with Gasteiger partial charge in [-0.2, -0.15) is 31.4 Å². The lowest BCUT2D eigenvalue weighted by molar-refractivity contribution is -0.272. The van der Waals surface area contributed by atoms with E-state index in [1.165, 1.54) is 19.2 Å². The Kier molecular flexibility index (Phi) is 3.82. The maximum Gasteiger partial charge on any atom is 0.409 e. The molecule has 1 heterocycles. The van der Waals surface area contributed by atoms with Crippen LogP contribution in [-0.4, -0.2) is 28.5 Å². The van der Waals surface area contributed by atoms with Gasteiger partial charge in [-0.25, -0.2) is 0 Å². The first-order valence-corrected chi connectivity index (χ1v) is 4.90. The fraction of sp³-hybridized carbons (Fsp3) is 0.556. The van der Waals surface area contributed by atoms with E-state index in [0.29, 0.717) is 5.69 Å². The monoisotopic (exact) mass is 289 g/mol. The first-order chi connectivity index (χ1) is 8.44. The molecule has 19 heavy (non-hydrogen) atoms. The number of anilines is 1. The molecule has 0 saturated carbocycles. The van der Waals surface area contributed by atoms with Gasteiger partial charge in [-0.1, -0.05) is 0 Å². The van der Waals surface area contributed by atoms with E-state index < -0.39 is 24.2 Å². The van der Waals surface area contributed by atoms with Gasteiger partial charge in [0.15, 0.2) is 5.82 Å². The van der Waals surface area contributed by atoms with Crippen molar-refractivity contribution in [3.05, 3.63) is 11.3 Å². The third-order valence-electron chi connectivity index (χ3n) is 2.41. The van der Waals surface area contributed by atoms with Gasteiger partial charge in [0.2, 0.25) is 11.8 Å². The summed E-state index contributed by atoms with van der Waals surface area (Å²) in [7, 11) is 0. The van der Waals surface area contributed by atoms with Crippen LogP contribution in [0, 0.1) is 19.8 Å². The van der Waals surface area contributed by atoms with Crippen molar-refractivity contribution in [2.45, 2.75) is 26.2 Å². The van der Waals surface area contributed by atoms with Gasteiger partial charge in [-0.3, -0.25) is 9.89 Å². The number of carbonyl (C=O) groups excluding carboxylic acids is 1. The quantitative estimate of drug-likeness (QED) is 0.822. The average Bonchev–Trinajstić information content (AvgIpc) is 2.44. The summed E-state index contributed by atoms with van der Waals surface area (Å²) in [5.74, 6) is -6.66. The predicted molar refractivity (Wildman–Crippen MR) is 52.3 cm³/mol. The molecule has 0 bridgehead atoms. The third-order valence-corrected chi connectivity index (χ3v) is 2.41. The van der Waals surface area contributed by atoms with Crippen LogP contribution < -0.4 is 5.32 Å². The molecule has 10 heteroatoms. The minimum absolute atomic E-state index is 0.261. The number of rotatable bonds is 2. The van der Waals surface area contributed by atoms with Crippen LogP contribution in [0.1, 0.15) is 11.3 Å². The minimum Gasteiger partial charge on any atom is -0.308 e. The summed E-state index contributed by atoms with van der Waals surface area (Å²) in [4.78, 5) is 11.2. The van der Waals surface area contributed by atoms with Gasteiger partial charge in [-0.15, -0.1) is 0 Å². The van der Waals surface area contributed by atoms with Crippen LogP contribution in [0.4, 0.5) is 32.2 Å². The number of H-pyrrole nitrogens is 1. The van der Waals surface area contributed by atoms with Crippen LogP contribution in [0.25, 0.3) is 0 Å². The van der Waals surface area contributed by atoms with E-state index in [0.717, 1.165) is 0 Å². The molecule has 1 rings (SSSR count). The van der Waals surface area contributed by atoms with Crippen LogP contribution in [0.3, 0.4) is 0 Å². The van der Waals surface area contributed by atoms with Crippen LogP contribution in [0.5, 0.6) is 0 Å². The number of hydrogen-bond acceptors (Lipinski definition) is 2. The van der Waals surface area contributed by atoms with E-state index in [2.05, 4.69) is 10.2 Å². The van der Waals surface area contributed by atoms with Gasteiger partial charge < -0.3 is 5.32 Å². The summed E-state index contributed by atoms with van der Waals surface area (Å²) in [5, 5.41) is 7.26. The lowest BCUT2D eigenvalue weighted by atomic mass is 10.1. The molecule has 0 atom stereocenters. The maximum atomic E-state index is 12.3. The molecule has 1 aromatic rings. The summed E-state index contributed by atoms with van der Waals surface area (Å²) in [6.07, 6.45) is -11.4. The summed E-state index contributed by atoms with van der Waals surface area (Å²) in [6, 6.07) is 0. The van der Waals surface area contributed by atoms with E-state index in [1.54, 1.807) is 0 Å². The molecule has 0 aliphatic carbocycles. The molecule has 0 saturated heterocycles. The third kappa shape index (κ3) is 3.38. The lowest BCUT2D eigenvalue weighted by Gasteiger charge is -2.21. The highest BCUT2D eigenvalue weighted by molar-refractivity contribution is 5.93. The van der Waals surface area contributed by atoms with Crippen molar-refractivity contribution in [2.24, 2.45) is 5.92 Å². The second-order valence-electron chi connectivity index (χ2n) is 3.83. The molecule has 108 valence electrons. The molecule has 0 aromatic carbocycles. The Balaban J connectivity index is 3.00. The number of alkyl halides is 6. The topological polar surface area (TPSA) is 57.8 Å². The van der Waals surface area contributed by atoms with Crippen molar-refractivity contribution < 1.29 is 31.1 Å². The van der Waals surface area contributed by atoms with Crippen LogP contribution in [-0.2, 0) is 4.79 Å². The van der Waals surface area contributed by atoms with Gasteiger partial charge in [0.05, 0.1) is 0 Å². The number of nitrogens with one attached hydrogen (secondary N) is 2. The fourth-order valence-corrected chi connectivity index (χ4v) is 1.28. The first-order valence-electron chi connectivity index (χ1n) is 4.90. The second kappa shape index (κ2) is 4.74. The van der Waals surface area contributed by atoms with E-state index in [4.69, 9.17) is 0 Å². The molecule has 2 N–H and O–H groups in total. The molecule has 0 fully saturated rings. The molecule has 1 amide bonds. The standard InChI is InChI=1S/C9H9F6N3O/c1-3-4(2)17-18-6(3)16-7(19)5(8(10,11)12)9(13,14)15/h5H,1-2H3,(H2,16,17,18,19). The second-order valence-corrected chi connectivity index (χ2v) is 3.83. The van der Waals surface area contributed by atoms with Gasteiger partial charge in [-0.05, 0) is 13.8 Å². The Hall–Kier alpha value is -1.74. The zero-order chi connectivity index (χ0) is 15.0. The average molecular weight is 289 g/mol. The molecule has 0 spiro atoms. The molecule has 1 aromatic heterocycles. The summed E-state index contributed by atoms with van der Waals surface area (Å²) in [5.41, 5.74) is 0.683. The van der Waals surface area contributed by atoms with Crippen molar-refractivity contribution in [2.75, 3.05) is 5.32 Å². The minimum atomic E-state index is -5.72. The van der Waals surface area contributed by atoms with E-state index in [9.17, 15) is 31.1 Å². The Bertz CT molecular complexity index is 461. The van der Waals surface area contributed by atoms with E-state index >= 15 is 0 Å². The summed E-state index contributed by atoms with van der Waals surface area (Å²) < 4.78 is 73.6. The van der Waals surface area contributed by atoms with E-state index in [1.807, 2.05) is 0 Å². The van der Waals surface area contributed by atoms with E-state index in [-0.39, 0.29) is 11.4 Å². The molecular weight excluding hydrogens is 280 g/mol. The van der Waals surface area contributed by atoms with Crippen LogP contribution >= 0.6 is 0 Å². The zero-order valence-corrected chi connectivity index (χ0v) is 9.70.